The zero-order chi connectivity index (χ0) is 44.5. The molecule has 3 N–H and O–H groups in total. The Morgan fingerprint density at radius 1 is 0.642 bits per heavy atom. The van der Waals surface area contributed by atoms with Gasteiger partial charge in [-0.1, -0.05) is 51.5 Å². The molecule has 8 bridgehead atoms. The normalized spacial score (nSPS) is 39.9. The maximum atomic E-state index is 15.1. The number of esters is 5. The van der Waals surface area contributed by atoms with Crippen molar-refractivity contribution in [1.82, 2.24) is 0 Å². The summed E-state index contributed by atoms with van der Waals surface area (Å²) in [6.07, 6.45) is 5.92. The molecule has 2 saturated heterocycles. The average Bonchev–Trinajstić information content (AvgIpc) is 3.29. The van der Waals surface area contributed by atoms with E-state index >= 15 is 4.79 Å². The van der Waals surface area contributed by atoms with Crippen LogP contribution in [0.1, 0.15) is 222 Å². The average molecular weight is 955 g/mol. The Balaban J connectivity index is 0.00000257. The van der Waals surface area contributed by atoms with Crippen LogP contribution in [0.3, 0.4) is 0 Å². The molecule has 2 heterocycles. The topological polar surface area (TPSA) is 201 Å². The van der Waals surface area contributed by atoms with E-state index < -0.39 is 97.0 Å². The number of hydrogen-bond donors (Lipinski definition) is 3. The van der Waals surface area contributed by atoms with Gasteiger partial charge >= 0.3 is 29.8 Å². The lowest BCUT2D eigenvalue weighted by Crippen LogP contribution is -2.67. The minimum Gasteiger partial charge on any atom is -0.458 e. The first-order valence-electron chi connectivity index (χ1n) is 22.9. The van der Waals surface area contributed by atoms with E-state index in [0.29, 0.717) is 51.6 Å². The summed E-state index contributed by atoms with van der Waals surface area (Å²) in [5.74, 6) is -2.89. The van der Waals surface area contributed by atoms with Gasteiger partial charge in [-0.05, 0) is 137 Å². The Morgan fingerprint density at radius 2 is 1.15 bits per heavy atom. The van der Waals surface area contributed by atoms with Crippen LogP contribution < -0.4 is 0 Å². The van der Waals surface area contributed by atoms with E-state index in [1.165, 1.54) is 0 Å². The van der Waals surface area contributed by atoms with Gasteiger partial charge < -0.3 is 43.7 Å². The zero-order valence-corrected chi connectivity index (χ0v) is 37.7. The van der Waals surface area contributed by atoms with Crippen LogP contribution in [-0.2, 0) is 52.4 Å². The SMILES string of the molecule is C.C.C.C.C.C.CCC(C)(CC(C)(CC(C)(C)C(=O)OC1(C)CC(=O)OC1(C)C)C(=O)OC12CC3CC(O)(CC(O)(C3)C1)C2)C(=O)OC12CC3CC(O)(C1)CC(C(=O)OC1CCCCO1)(C3)C2. The van der Waals surface area contributed by atoms with Crippen LogP contribution in [0.2, 0.25) is 0 Å². The maximum Gasteiger partial charge on any atom is 0.314 e. The molecule has 8 aliphatic carbocycles. The third-order valence-corrected chi connectivity index (χ3v) is 16.7. The molecule has 0 amide bonds. The highest BCUT2D eigenvalue weighted by Gasteiger charge is 2.69. The molecule has 2 aliphatic heterocycles. The van der Waals surface area contributed by atoms with Crippen LogP contribution in [0, 0.1) is 33.5 Å². The first kappa shape index (κ1) is 60.3. The number of rotatable bonds is 13. The van der Waals surface area contributed by atoms with Gasteiger partial charge in [-0.2, -0.15) is 0 Å². The molecule has 0 aromatic rings. The minimum absolute atomic E-state index is 0. The second kappa shape index (κ2) is 19.1. The van der Waals surface area contributed by atoms with Crippen molar-refractivity contribution in [2.75, 3.05) is 6.61 Å². The van der Waals surface area contributed by atoms with Crippen molar-refractivity contribution in [3.63, 3.8) is 0 Å². The lowest BCUT2D eigenvalue weighted by molar-refractivity contribution is -0.266. The highest BCUT2D eigenvalue weighted by Crippen LogP contribution is 2.66. The largest absolute Gasteiger partial charge is 0.458 e. The van der Waals surface area contributed by atoms with Crippen LogP contribution in [0.15, 0.2) is 0 Å². The molecule has 0 spiro atoms. The van der Waals surface area contributed by atoms with Gasteiger partial charge in [-0.3, -0.25) is 24.0 Å². The van der Waals surface area contributed by atoms with Crippen LogP contribution in [0.4, 0.5) is 0 Å². The summed E-state index contributed by atoms with van der Waals surface area (Å²) in [5, 5.41) is 35.1. The number of hydrogen-bond acceptors (Lipinski definition) is 14. The molecule has 10 rings (SSSR count). The van der Waals surface area contributed by atoms with Gasteiger partial charge in [0, 0.05) is 38.5 Å². The Kier molecular flexibility index (Phi) is 17.2. The second-order valence-corrected chi connectivity index (χ2v) is 23.8. The molecular formula is C53H94O14. The Morgan fingerprint density at radius 3 is 1.61 bits per heavy atom. The predicted molar refractivity (Wildman–Crippen MR) is 256 cm³/mol. The molecule has 10 unspecified atom stereocenters. The number of aliphatic hydroxyl groups is 3. The van der Waals surface area contributed by atoms with Gasteiger partial charge in [0.2, 0.25) is 6.29 Å². The molecule has 0 aromatic heterocycles. The first-order valence-corrected chi connectivity index (χ1v) is 22.9. The molecule has 390 valence electrons. The Bertz CT molecular complexity index is 1840. The van der Waals surface area contributed by atoms with Gasteiger partial charge in [0.05, 0.1) is 51.5 Å². The van der Waals surface area contributed by atoms with Crippen LogP contribution in [0.5, 0.6) is 0 Å². The van der Waals surface area contributed by atoms with Crippen molar-refractivity contribution in [1.29, 1.82) is 0 Å². The molecule has 10 atom stereocenters. The molecule has 10 fully saturated rings. The minimum atomic E-state index is -1.52. The third kappa shape index (κ3) is 10.8. The smallest absolute Gasteiger partial charge is 0.314 e. The molecule has 10 aliphatic rings. The molecule has 0 radical (unpaired) electrons. The summed E-state index contributed by atoms with van der Waals surface area (Å²) < 4.78 is 36.5. The van der Waals surface area contributed by atoms with E-state index in [1.807, 2.05) is 6.92 Å². The van der Waals surface area contributed by atoms with E-state index in [-0.39, 0.29) is 121 Å². The fourth-order valence-corrected chi connectivity index (χ4v) is 14.6. The van der Waals surface area contributed by atoms with Crippen molar-refractivity contribution in [3.05, 3.63) is 0 Å². The van der Waals surface area contributed by atoms with Crippen LogP contribution in [-0.4, -0.2) is 97.3 Å². The highest BCUT2D eigenvalue weighted by molar-refractivity contribution is 5.84. The molecule has 8 saturated carbocycles. The summed E-state index contributed by atoms with van der Waals surface area (Å²) in [7, 11) is 0. The van der Waals surface area contributed by atoms with Gasteiger partial charge in [-0.25, -0.2) is 0 Å². The second-order valence-electron chi connectivity index (χ2n) is 23.8. The van der Waals surface area contributed by atoms with E-state index in [2.05, 4.69) is 0 Å². The Hall–Kier alpha value is -2.81. The number of carbonyl (C=O) groups is 5. The standard InChI is InChI=1S/C47H70O14.6CH4/c1-9-39(6,34(50)60-46-18-29-14-42(24-46,23-43(53,15-29)26-46)36(52)57-32-12-10-11-13-56-32)22-40(7,21-37(2,3)33(49)59-41(8)20-31(48)58-38(41,4)5)35(51)61-47-19-30-16-44(54,27-47)25-45(55,17-30)28-47;;;;;;/h29-30,32,53-55H,9-28H2,1-8H3;6*1H4. The number of carbonyl (C=O) groups excluding carboxylic acids is 5. The molecule has 14 nitrogen and oxygen atoms in total. The van der Waals surface area contributed by atoms with E-state index in [1.54, 1.807) is 48.5 Å². The van der Waals surface area contributed by atoms with Crippen LogP contribution in [0.25, 0.3) is 0 Å². The molecule has 67 heavy (non-hydrogen) atoms. The fourth-order valence-electron chi connectivity index (χ4n) is 14.6. The maximum absolute atomic E-state index is 15.1. The summed E-state index contributed by atoms with van der Waals surface area (Å²) in [4.78, 5) is 70.8. The fraction of sp³-hybridized carbons (Fsp3) is 0.906. The van der Waals surface area contributed by atoms with Crippen molar-refractivity contribution in [2.24, 2.45) is 33.5 Å². The monoisotopic (exact) mass is 955 g/mol. The molecular weight excluding hydrogens is 861 g/mol. The van der Waals surface area contributed by atoms with E-state index in [9.17, 15) is 34.5 Å². The molecule has 14 heteroatoms. The van der Waals surface area contributed by atoms with Crippen molar-refractivity contribution < 1.29 is 67.7 Å². The van der Waals surface area contributed by atoms with Gasteiger partial charge in [0.25, 0.3) is 0 Å². The third-order valence-electron chi connectivity index (χ3n) is 16.7. The summed E-state index contributed by atoms with van der Waals surface area (Å²) in [6.45, 7) is 14.1. The van der Waals surface area contributed by atoms with Gasteiger partial charge in [-0.15, -0.1) is 0 Å². The highest BCUT2D eigenvalue weighted by atomic mass is 16.7. The molecule has 0 aromatic carbocycles. The lowest BCUT2D eigenvalue weighted by atomic mass is 9.46. The quantitative estimate of drug-likeness (QED) is 0.116. The van der Waals surface area contributed by atoms with Crippen molar-refractivity contribution >= 4 is 29.8 Å². The number of cyclic esters (lactones) is 1. The van der Waals surface area contributed by atoms with Crippen LogP contribution >= 0.6 is 0 Å². The van der Waals surface area contributed by atoms with Gasteiger partial charge in [0.1, 0.15) is 16.8 Å². The predicted octanol–water partition coefficient (Wildman–Crippen LogP) is 9.87. The van der Waals surface area contributed by atoms with E-state index in [4.69, 9.17) is 28.4 Å². The van der Waals surface area contributed by atoms with Gasteiger partial charge in [0.15, 0.2) is 5.60 Å². The Labute approximate surface area is 404 Å². The lowest BCUT2D eigenvalue weighted by Gasteiger charge is -2.63. The summed E-state index contributed by atoms with van der Waals surface area (Å²) in [6, 6.07) is 0. The summed E-state index contributed by atoms with van der Waals surface area (Å²) in [5.41, 5.74) is -13.5. The van der Waals surface area contributed by atoms with Crippen molar-refractivity contribution in [2.45, 2.75) is 267 Å². The summed E-state index contributed by atoms with van der Waals surface area (Å²) >= 11 is 0. The van der Waals surface area contributed by atoms with Crippen molar-refractivity contribution in [3.8, 4) is 0 Å². The first-order chi connectivity index (χ1) is 28.0. The number of ether oxygens (including phenoxy) is 6. The van der Waals surface area contributed by atoms with E-state index in [0.717, 1.165) is 12.8 Å². The zero-order valence-electron chi connectivity index (χ0n) is 37.7.